The monoisotopic (exact) mass is 153 g/mol. The van der Waals surface area contributed by atoms with E-state index in [1.54, 1.807) is 0 Å². The quantitative estimate of drug-likeness (QED) is 0.406. The van der Waals surface area contributed by atoms with Crippen molar-refractivity contribution in [2.75, 3.05) is 0 Å². The van der Waals surface area contributed by atoms with Crippen molar-refractivity contribution >= 4 is 20.5 Å². The molecular formula is C2H10CuSi2. The van der Waals surface area contributed by atoms with E-state index in [4.69, 9.17) is 0 Å². The first-order valence-corrected chi connectivity index (χ1v) is 4.24. The Morgan fingerprint density at radius 2 is 0.800 bits per heavy atom. The molecule has 0 aliphatic rings. The molecule has 0 amide bonds. The molecule has 0 bridgehead atoms. The van der Waals surface area contributed by atoms with E-state index in [2.05, 4.69) is 0 Å². The average molecular weight is 154 g/mol. The van der Waals surface area contributed by atoms with E-state index in [1.165, 1.54) is 0 Å². The molecule has 0 aliphatic heterocycles. The molecule has 0 fully saturated rings. The van der Waals surface area contributed by atoms with E-state index >= 15 is 0 Å². The first kappa shape index (κ1) is 16.7. The molecule has 5 heavy (non-hydrogen) atoms. The second-order valence-corrected chi connectivity index (χ2v) is 0. The van der Waals surface area contributed by atoms with Crippen molar-refractivity contribution in [3.05, 3.63) is 0 Å². The molecule has 0 heterocycles. The minimum Gasteiger partial charge on any atom is -0.300 e. The van der Waals surface area contributed by atoms with Gasteiger partial charge in [-0.05, 0) is 0 Å². The van der Waals surface area contributed by atoms with Crippen LogP contribution in [0.3, 0.4) is 0 Å². The third kappa shape index (κ3) is 47.5. The fraction of sp³-hybridized carbons (Fsp3) is 1.00. The predicted octanol–water partition coefficient (Wildman–Crippen LogP) is -0.667. The normalized spacial score (nSPS) is 2.40. The van der Waals surface area contributed by atoms with Crippen molar-refractivity contribution < 1.29 is 17.1 Å². The van der Waals surface area contributed by atoms with Gasteiger partial charge in [0.15, 0.2) is 0 Å². The van der Waals surface area contributed by atoms with Crippen molar-refractivity contribution in [3.63, 3.8) is 0 Å². The van der Waals surface area contributed by atoms with Crippen LogP contribution in [-0.2, 0) is 17.1 Å². The minimum absolute atomic E-state index is 0. The van der Waals surface area contributed by atoms with Gasteiger partial charge in [-0.25, -0.2) is 0 Å². The van der Waals surface area contributed by atoms with Crippen LogP contribution in [0.2, 0.25) is 13.1 Å². The zero-order valence-corrected chi connectivity index (χ0v) is 7.49. The van der Waals surface area contributed by atoms with Gasteiger partial charge in [0.2, 0.25) is 0 Å². The molecule has 0 unspecified atom stereocenters. The molecule has 0 aromatic rings. The first-order chi connectivity index (χ1) is 2.00. The van der Waals surface area contributed by atoms with Gasteiger partial charge in [-0.15, -0.1) is 0 Å². The number of hydrogen-bond acceptors (Lipinski definition) is 0. The molecule has 0 aromatic heterocycles. The molecule has 0 aliphatic carbocycles. The molecule has 0 rings (SSSR count). The smallest absolute Gasteiger partial charge is 0.300 e. The van der Waals surface area contributed by atoms with Crippen LogP contribution in [0.1, 0.15) is 0 Å². The molecule has 0 aromatic carbocycles. The van der Waals surface area contributed by atoms with Gasteiger partial charge in [-0.2, -0.15) is 13.1 Å². The van der Waals surface area contributed by atoms with Gasteiger partial charge in [-0.1, -0.05) is 0 Å². The van der Waals surface area contributed by atoms with E-state index in [-0.39, 0.29) is 17.1 Å². The van der Waals surface area contributed by atoms with Crippen LogP contribution in [0, 0.1) is 0 Å². The largest absolute Gasteiger partial charge is 2.00 e. The Bertz CT molecular complexity index is 7.61. The minimum atomic E-state index is 0. The van der Waals surface area contributed by atoms with Gasteiger partial charge < -0.3 is 20.5 Å². The molecule has 37 valence electrons. The molecule has 0 N–H and O–H groups in total. The van der Waals surface area contributed by atoms with E-state index in [9.17, 15) is 0 Å². The number of rotatable bonds is 0. The van der Waals surface area contributed by atoms with Crippen molar-refractivity contribution in [2.45, 2.75) is 13.1 Å². The average Bonchev–Trinajstić information content (AvgIpc) is 1.50. The van der Waals surface area contributed by atoms with E-state index in [0.717, 1.165) is 0 Å². The Balaban J connectivity index is -0.0000000133. The maximum absolute atomic E-state index is 2.03. The van der Waals surface area contributed by atoms with Crippen LogP contribution in [0.5, 0.6) is 0 Å². The van der Waals surface area contributed by atoms with Crippen molar-refractivity contribution in [1.29, 1.82) is 0 Å². The Kier molecular flexibility index (Phi) is 285. The van der Waals surface area contributed by atoms with Crippen LogP contribution in [0.15, 0.2) is 0 Å². The molecule has 0 atom stereocenters. The van der Waals surface area contributed by atoms with Gasteiger partial charge in [0.1, 0.15) is 0 Å². The van der Waals surface area contributed by atoms with Gasteiger partial charge in [0.25, 0.3) is 0 Å². The molecule has 0 spiro atoms. The Morgan fingerprint density at radius 3 is 0.800 bits per heavy atom. The van der Waals surface area contributed by atoms with Gasteiger partial charge in [0.05, 0.1) is 0 Å². The van der Waals surface area contributed by atoms with Crippen LogP contribution in [-0.4, -0.2) is 20.5 Å². The zero-order valence-electron chi connectivity index (χ0n) is 3.72. The Hall–Kier alpha value is 0.953. The summed E-state index contributed by atoms with van der Waals surface area (Å²) in [7, 11) is 3.72. The second-order valence-electron chi connectivity index (χ2n) is 0. The van der Waals surface area contributed by atoms with Crippen LogP contribution in [0.4, 0.5) is 0 Å². The third-order valence-corrected chi connectivity index (χ3v) is 0. The van der Waals surface area contributed by atoms with Gasteiger partial charge in [0, 0.05) is 0 Å². The predicted molar refractivity (Wildman–Crippen MR) is 28.8 cm³/mol. The molecular weight excluding hydrogens is 144 g/mol. The van der Waals surface area contributed by atoms with Crippen molar-refractivity contribution in [1.82, 2.24) is 0 Å². The maximum Gasteiger partial charge on any atom is 2.00 e. The summed E-state index contributed by atoms with van der Waals surface area (Å²) in [5.41, 5.74) is 0. The Labute approximate surface area is 51.0 Å². The second kappa shape index (κ2) is 85.2. The maximum atomic E-state index is 2.03. The van der Waals surface area contributed by atoms with Crippen LogP contribution < -0.4 is 0 Å². The van der Waals surface area contributed by atoms with Crippen molar-refractivity contribution in [3.8, 4) is 0 Å². The molecule has 3 heteroatoms. The first-order valence-electron chi connectivity index (χ1n) is 1.41. The molecule has 1 radical (unpaired) electrons. The fourth-order valence-corrected chi connectivity index (χ4v) is 0. The summed E-state index contributed by atoms with van der Waals surface area (Å²) in [5, 5.41) is 0. The summed E-state index contributed by atoms with van der Waals surface area (Å²) >= 11 is 0. The topological polar surface area (TPSA) is 0 Å². The molecule has 0 saturated carbocycles. The summed E-state index contributed by atoms with van der Waals surface area (Å²) in [4.78, 5) is 0. The van der Waals surface area contributed by atoms with E-state index < -0.39 is 0 Å². The fourth-order valence-electron chi connectivity index (χ4n) is 0. The van der Waals surface area contributed by atoms with E-state index in [0.29, 0.717) is 0 Å². The Morgan fingerprint density at radius 1 is 0.800 bits per heavy atom. The summed E-state index contributed by atoms with van der Waals surface area (Å²) in [6.07, 6.45) is 0. The van der Waals surface area contributed by atoms with Crippen LogP contribution in [0.25, 0.3) is 0 Å². The van der Waals surface area contributed by atoms with Gasteiger partial charge >= 0.3 is 17.1 Å². The third-order valence-electron chi connectivity index (χ3n) is 0. The summed E-state index contributed by atoms with van der Waals surface area (Å²) in [6, 6.07) is 0. The van der Waals surface area contributed by atoms with Gasteiger partial charge in [-0.3, -0.25) is 0 Å². The van der Waals surface area contributed by atoms with Crippen molar-refractivity contribution in [2.24, 2.45) is 0 Å². The van der Waals surface area contributed by atoms with E-state index in [1.807, 2.05) is 33.6 Å². The van der Waals surface area contributed by atoms with Crippen LogP contribution >= 0.6 is 0 Å². The summed E-state index contributed by atoms with van der Waals surface area (Å²) in [5.74, 6) is 0. The summed E-state index contributed by atoms with van der Waals surface area (Å²) in [6.45, 7) is 4.06. The molecule has 0 saturated heterocycles. The summed E-state index contributed by atoms with van der Waals surface area (Å²) < 4.78 is 0. The zero-order chi connectivity index (χ0) is 4.00. The molecule has 0 nitrogen and oxygen atoms in total. The standard InChI is InChI=1S/2CH5Si.Cu/c2*1-2;/h2*2H2,1H3;/q2*-1;+2. The SMILES string of the molecule is C[SiH2-].C[SiH2-].[Cu+2]. The number of hydrogen-bond donors (Lipinski definition) is 0.